The molecule has 2 rings (SSSR count). The second-order valence-electron chi connectivity index (χ2n) is 5.54. The highest BCUT2D eigenvalue weighted by atomic mass is 16.5. The molecular formula is C16H27N3O2. The molecule has 1 aliphatic rings. The van der Waals surface area contributed by atoms with Crippen molar-refractivity contribution < 1.29 is 9.47 Å². The summed E-state index contributed by atoms with van der Waals surface area (Å²) in [6.45, 7) is 10.1. The lowest BCUT2D eigenvalue weighted by molar-refractivity contribution is -0.118. The molecule has 21 heavy (non-hydrogen) atoms. The molecule has 1 saturated heterocycles. The first-order valence-electron chi connectivity index (χ1n) is 7.97. The Morgan fingerprint density at radius 1 is 1.29 bits per heavy atom. The normalized spacial score (nSPS) is 17.9. The molecule has 1 aromatic rings. The summed E-state index contributed by atoms with van der Waals surface area (Å²) in [5.41, 5.74) is 1.66. The maximum absolute atomic E-state index is 6.07. The fraction of sp³-hybridized carbons (Fsp3) is 0.750. The van der Waals surface area contributed by atoms with Gasteiger partial charge < -0.3 is 14.8 Å². The smallest absolute Gasteiger partial charge is 0.160 e. The van der Waals surface area contributed by atoms with Crippen LogP contribution in [0, 0.1) is 6.92 Å². The topological polar surface area (TPSA) is 56.3 Å². The van der Waals surface area contributed by atoms with Gasteiger partial charge in [0.25, 0.3) is 0 Å². The van der Waals surface area contributed by atoms with Gasteiger partial charge in [-0.1, -0.05) is 6.92 Å². The predicted octanol–water partition coefficient (Wildman–Crippen LogP) is 2.33. The Balaban J connectivity index is 2.23. The maximum Gasteiger partial charge on any atom is 0.160 e. The van der Waals surface area contributed by atoms with Crippen molar-refractivity contribution in [2.45, 2.75) is 52.2 Å². The molecule has 0 atom stereocenters. The van der Waals surface area contributed by atoms with Crippen molar-refractivity contribution in [1.29, 1.82) is 0 Å². The van der Waals surface area contributed by atoms with Crippen molar-refractivity contribution >= 4 is 0 Å². The minimum atomic E-state index is -0.376. The minimum absolute atomic E-state index is 0.376. The molecule has 0 amide bonds. The van der Waals surface area contributed by atoms with Crippen LogP contribution in [0.5, 0.6) is 0 Å². The summed E-state index contributed by atoms with van der Waals surface area (Å²) in [4.78, 5) is 9.42. The van der Waals surface area contributed by atoms with E-state index >= 15 is 0 Å². The third-order valence-corrected chi connectivity index (χ3v) is 3.77. The Hall–Kier alpha value is -1.04. The van der Waals surface area contributed by atoms with Gasteiger partial charge in [-0.25, -0.2) is 9.97 Å². The Morgan fingerprint density at radius 3 is 2.71 bits per heavy atom. The molecule has 5 nitrogen and oxygen atoms in total. The highest BCUT2D eigenvalue weighted by molar-refractivity contribution is 5.15. The standard InChI is InChI=1S/C16H27N3O2/c1-4-8-17-12-14-11-13(3)18-15(19-14)16(21-5-2)6-9-20-10-7-16/h11,17H,4-10,12H2,1-3H3. The zero-order valence-corrected chi connectivity index (χ0v) is 13.4. The predicted molar refractivity (Wildman–Crippen MR) is 82.1 cm³/mol. The van der Waals surface area contributed by atoms with Gasteiger partial charge in [0.05, 0.1) is 5.69 Å². The van der Waals surface area contributed by atoms with Gasteiger partial charge in [0.15, 0.2) is 5.82 Å². The quantitative estimate of drug-likeness (QED) is 0.782. The Morgan fingerprint density at radius 2 is 2.05 bits per heavy atom. The van der Waals surface area contributed by atoms with Gasteiger partial charge >= 0.3 is 0 Å². The molecule has 1 aliphatic heterocycles. The van der Waals surface area contributed by atoms with Gasteiger partial charge in [-0.2, -0.15) is 0 Å². The van der Waals surface area contributed by atoms with Gasteiger partial charge in [-0.05, 0) is 32.9 Å². The number of hydrogen-bond acceptors (Lipinski definition) is 5. The van der Waals surface area contributed by atoms with E-state index in [4.69, 9.17) is 14.5 Å². The molecule has 0 aliphatic carbocycles. The second kappa shape index (κ2) is 7.82. The fourth-order valence-electron chi connectivity index (χ4n) is 2.73. The van der Waals surface area contributed by atoms with Gasteiger partial charge in [-0.15, -0.1) is 0 Å². The maximum atomic E-state index is 6.07. The van der Waals surface area contributed by atoms with Gasteiger partial charge in [0.2, 0.25) is 0 Å². The highest BCUT2D eigenvalue weighted by Crippen LogP contribution is 2.34. The summed E-state index contributed by atoms with van der Waals surface area (Å²) >= 11 is 0. The Labute approximate surface area is 127 Å². The SMILES string of the molecule is CCCNCc1cc(C)nc(C2(OCC)CCOCC2)n1. The van der Waals surface area contributed by atoms with Crippen LogP contribution in [0.25, 0.3) is 0 Å². The Bertz CT molecular complexity index is 440. The van der Waals surface area contributed by atoms with E-state index < -0.39 is 0 Å². The number of aryl methyl sites for hydroxylation is 1. The van der Waals surface area contributed by atoms with E-state index in [-0.39, 0.29) is 5.60 Å². The summed E-state index contributed by atoms with van der Waals surface area (Å²) in [7, 11) is 0. The third kappa shape index (κ3) is 4.22. The molecule has 0 spiro atoms. The zero-order valence-electron chi connectivity index (χ0n) is 13.4. The molecular weight excluding hydrogens is 266 g/mol. The van der Waals surface area contributed by atoms with Crippen LogP contribution in [0.2, 0.25) is 0 Å². The van der Waals surface area contributed by atoms with Crippen LogP contribution in [0.3, 0.4) is 0 Å². The largest absolute Gasteiger partial charge is 0.381 e. The van der Waals surface area contributed by atoms with Crippen molar-refractivity contribution in [3.63, 3.8) is 0 Å². The van der Waals surface area contributed by atoms with E-state index in [2.05, 4.69) is 17.2 Å². The van der Waals surface area contributed by atoms with E-state index in [1.165, 1.54) is 0 Å². The van der Waals surface area contributed by atoms with E-state index in [0.717, 1.165) is 49.6 Å². The lowest BCUT2D eigenvalue weighted by Crippen LogP contribution is -2.38. The molecule has 5 heteroatoms. The van der Waals surface area contributed by atoms with Crippen LogP contribution in [0.1, 0.15) is 50.3 Å². The average molecular weight is 293 g/mol. The molecule has 1 fully saturated rings. The van der Waals surface area contributed by atoms with E-state index in [9.17, 15) is 0 Å². The average Bonchev–Trinajstić information content (AvgIpc) is 2.48. The molecule has 0 bridgehead atoms. The lowest BCUT2D eigenvalue weighted by Gasteiger charge is -2.35. The molecule has 0 aromatic carbocycles. The number of ether oxygens (including phenoxy) is 2. The summed E-state index contributed by atoms with van der Waals surface area (Å²) in [6.07, 6.45) is 2.77. The third-order valence-electron chi connectivity index (χ3n) is 3.77. The van der Waals surface area contributed by atoms with Crippen LogP contribution in [-0.2, 0) is 21.6 Å². The molecule has 2 heterocycles. The molecule has 1 aromatic heterocycles. The van der Waals surface area contributed by atoms with Crippen molar-refractivity contribution in [2.75, 3.05) is 26.4 Å². The summed E-state index contributed by atoms with van der Waals surface area (Å²) in [6, 6.07) is 2.05. The summed E-state index contributed by atoms with van der Waals surface area (Å²) in [5, 5.41) is 3.40. The fourth-order valence-corrected chi connectivity index (χ4v) is 2.73. The molecule has 1 N–H and O–H groups in total. The van der Waals surface area contributed by atoms with Crippen molar-refractivity contribution in [2.24, 2.45) is 0 Å². The number of nitrogens with zero attached hydrogens (tertiary/aromatic N) is 2. The number of nitrogens with one attached hydrogen (secondary N) is 1. The number of hydrogen-bond donors (Lipinski definition) is 1. The molecule has 0 radical (unpaired) electrons. The summed E-state index contributed by atoms with van der Waals surface area (Å²) < 4.78 is 11.6. The number of rotatable bonds is 7. The number of aromatic nitrogens is 2. The van der Waals surface area contributed by atoms with Crippen LogP contribution < -0.4 is 5.32 Å². The lowest BCUT2D eigenvalue weighted by atomic mass is 9.92. The second-order valence-corrected chi connectivity index (χ2v) is 5.54. The zero-order chi connectivity index (χ0) is 15.1. The van der Waals surface area contributed by atoms with Crippen LogP contribution in [-0.4, -0.2) is 36.3 Å². The van der Waals surface area contributed by atoms with Crippen LogP contribution >= 0.6 is 0 Å². The molecule has 118 valence electrons. The summed E-state index contributed by atoms with van der Waals surface area (Å²) in [5.74, 6) is 0.820. The van der Waals surface area contributed by atoms with E-state index in [1.54, 1.807) is 0 Å². The molecule has 0 saturated carbocycles. The van der Waals surface area contributed by atoms with Crippen molar-refractivity contribution in [3.05, 3.63) is 23.3 Å². The van der Waals surface area contributed by atoms with Crippen molar-refractivity contribution in [3.8, 4) is 0 Å². The monoisotopic (exact) mass is 293 g/mol. The minimum Gasteiger partial charge on any atom is -0.381 e. The van der Waals surface area contributed by atoms with Crippen molar-refractivity contribution in [1.82, 2.24) is 15.3 Å². The van der Waals surface area contributed by atoms with Gasteiger partial charge in [0.1, 0.15) is 5.60 Å². The highest BCUT2D eigenvalue weighted by Gasteiger charge is 2.38. The molecule has 0 unspecified atom stereocenters. The first-order valence-corrected chi connectivity index (χ1v) is 7.97. The Kier molecular flexibility index (Phi) is 6.08. The van der Waals surface area contributed by atoms with E-state index in [0.29, 0.717) is 19.8 Å². The first-order chi connectivity index (χ1) is 10.2. The van der Waals surface area contributed by atoms with Crippen LogP contribution in [0.4, 0.5) is 0 Å². The van der Waals surface area contributed by atoms with Crippen LogP contribution in [0.15, 0.2) is 6.07 Å². The van der Waals surface area contributed by atoms with Gasteiger partial charge in [-0.3, -0.25) is 0 Å². The van der Waals surface area contributed by atoms with Gasteiger partial charge in [0, 0.05) is 44.9 Å². The van der Waals surface area contributed by atoms with E-state index in [1.807, 2.05) is 19.9 Å². The first kappa shape index (κ1) is 16.3.